The van der Waals surface area contributed by atoms with Gasteiger partial charge in [-0.3, -0.25) is 4.79 Å². The van der Waals surface area contributed by atoms with Gasteiger partial charge in [0.1, 0.15) is 0 Å². The van der Waals surface area contributed by atoms with Crippen LogP contribution in [-0.4, -0.2) is 22.7 Å². The van der Waals surface area contributed by atoms with Crippen molar-refractivity contribution in [2.45, 2.75) is 13.3 Å². The molecule has 2 rings (SSSR count). The van der Waals surface area contributed by atoms with E-state index in [1.54, 1.807) is 6.92 Å². The third kappa shape index (κ3) is 5.13. The molecule has 0 saturated carbocycles. The van der Waals surface area contributed by atoms with Gasteiger partial charge in [-0.25, -0.2) is 4.98 Å². The van der Waals surface area contributed by atoms with Crippen LogP contribution >= 0.6 is 23.6 Å². The van der Waals surface area contributed by atoms with Crippen molar-refractivity contribution in [1.82, 2.24) is 4.98 Å². The van der Waals surface area contributed by atoms with Gasteiger partial charge in [0, 0.05) is 11.1 Å². The Hall–Kier alpha value is -1.99. The predicted octanol–water partition coefficient (Wildman–Crippen LogP) is 3.06. The Balaban J connectivity index is 1.87. The molecule has 0 amide bonds. The number of rotatable bonds is 5. The average molecular weight is 321 g/mol. The number of para-hydroxylation sites is 1. The molecular weight excluding hydrogens is 306 g/mol. The first kappa shape index (κ1) is 15.4. The van der Waals surface area contributed by atoms with Crippen LogP contribution < -0.4 is 10.6 Å². The lowest BCUT2D eigenvalue weighted by atomic mass is 10.3. The number of ether oxygens (including phenoxy) is 1. The summed E-state index contributed by atoms with van der Waals surface area (Å²) >= 11 is 6.60. The zero-order valence-corrected chi connectivity index (χ0v) is 13.1. The van der Waals surface area contributed by atoms with Gasteiger partial charge in [0.25, 0.3) is 0 Å². The van der Waals surface area contributed by atoms with Crippen LogP contribution in [0.15, 0.2) is 35.7 Å². The number of hydrogen-bond acceptors (Lipinski definition) is 5. The topological polar surface area (TPSA) is 63.2 Å². The highest BCUT2D eigenvalue weighted by atomic mass is 32.1. The van der Waals surface area contributed by atoms with Crippen LogP contribution in [0.4, 0.5) is 10.8 Å². The molecule has 0 aliphatic heterocycles. The Kier molecular flexibility index (Phi) is 5.65. The maximum Gasteiger partial charge on any atom is 0.311 e. The van der Waals surface area contributed by atoms with Crippen LogP contribution in [0.3, 0.4) is 0 Å². The summed E-state index contributed by atoms with van der Waals surface area (Å²) in [7, 11) is 0. The van der Waals surface area contributed by atoms with E-state index in [4.69, 9.17) is 17.0 Å². The maximum atomic E-state index is 11.4. The number of nitrogens with one attached hydrogen (secondary N) is 2. The quantitative estimate of drug-likeness (QED) is 0.652. The van der Waals surface area contributed by atoms with Crippen molar-refractivity contribution >= 4 is 45.5 Å². The molecule has 0 aliphatic rings. The van der Waals surface area contributed by atoms with Gasteiger partial charge in [-0.15, -0.1) is 11.3 Å². The molecule has 7 heteroatoms. The Morgan fingerprint density at radius 1 is 1.33 bits per heavy atom. The van der Waals surface area contributed by atoms with Crippen molar-refractivity contribution in [1.29, 1.82) is 0 Å². The third-order valence-corrected chi connectivity index (χ3v) is 3.45. The first-order valence-corrected chi connectivity index (χ1v) is 7.69. The van der Waals surface area contributed by atoms with Gasteiger partial charge in [-0.1, -0.05) is 18.2 Å². The molecule has 110 valence electrons. The second kappa shape index (κ2) is 7.70. The number of anilines is 2. The minimum absolute atomic E-state index is 0.172. The molecule has 1 aromatic heterocycles. The van der Waals surface area contributed by atoms with E-state index in [-0.39, 0.29) is 12.4 Å². The number of carbonyl (C=O) groups is 1. The standard InChI is InChI=1S/C14H15N3O2S2/c1-2-19-12(18)8-11-9-21-14(16-11)17-13(20)15-10-6-4-3-5-7-10/h3-7,9H,2,8H2,1H3,(H2,15,16,17,20). The highest BCUT2D eigenvalue weighted by Gasteiger charge is 2.09. The molecule has 0 bridgehead atoms. The highest BCUT2D eigenvalue weighted by molar-refractivity contribution is 7.80. The molecule has 0 radical (unpaired) electrons. The van der Waals surface area contributed by atoms with Crippen LogP contribution in [0.5, 0.6) is 0 Å². The monoisotopic (exact) mass is 321 g/mol. The van der Waals surface area contributed by atoms with Gasteiger partial charge in [0.2, 0.25) is 0 Å². The molecule has 0 saturated heterocycles. The van der Waals surface area contributed by atoms with Crippen molar-refractivity contribution in [3.63, 3.8) is 0 Å². The van der Waals surface area contributed by atoms with Crippen molar-refractivity contribution in [2.24, 2.45) is 0 Å². The molecule has 2 N–H and O–H groups in total. The van der Waals surface area contributed by atoms with Gasteiger partial charge < -0.3 is 15.4 Å². The third-order valence-electron chi connectivity index (χ3n) is 2.43. The minimum atomic E-state index is -0.278. The Morgan fingerprint density at radius 2 is 2.10 bits per heavy atom. The van der Waals surface area contributed by atoms with Crippen molar-refractivity contribution in [3.8, 4) is 0 Å². The van der Waals surface area contributed by atoms with E-state index in [0.29, 0.717) is 22.5 Å². The molecule has 1 aromatic carbocycles. The van der Waals surface area contributed by atoms with Crippen LogP contribution in [0.2, 0.25) is 0 Å². The summed E-state index contributed by atoms with van der Waals surface area (Å²) < 4.78 is 4.88. The normalized spacial score (nSPS) is 9.95. The van der Waals surface area contributed by atoms with Gasteiger partial charge in [0.15, 0.2) is 10.2 Å². The SMILES string of the molecule is CCOC(=O)Cc1csc(NC(=S)Nc2ccccc2)n1. The number of nitrogens with zero attached hydrogens (tertiary/aromatic N) is 1. The Morgan fingerprint density at radius 3 is 2.81 bits per heavy atom. The first-order chi connectivity index (χ1) is 10.2. The molecule has 5 nitrogen and oxygen atoms in total. The van der Waals surface area contributed by atoms with Gasteiger partial charge in [-0.2, -0.15) is 0 Å². The lowest BCUT2D eigenvalue weighted by molar-refractivity contribution is -0.142. The van der Waals surface area contributed by atoms with Crippen LogP contribution in [0.1, 0.15) is 12.6 Å². The second-order valence-corrected chi connectivity index (χ2v) is 5.34. The minimum Gasteiger partial charge on any atom is -0.466 e. The van der Waals surface area contributed by atoms with Crippen molar-refractivity contribution in [3.05, 3.63) is 41.4 Å². The number of esters is 1. The van der Waals surface area contributed by atoms with Crippen molar-refractivity contribution < 1.29 is 9.53 Å². The predicted molar refractivity (Wildman–Crippen MR) is 88.7 cm³/mol. The highest BCUT2D eigenvalue weighted by Crippen LogP contribution is 2.16. The summed E-state index contributed by atoms with van der Waals surface area (Å²) in [6.07, 6.45) is 0.172. The fourth-order valence-electron chi connectivity index (χ4n) is 1.59. The molecule has 21 heavy (non-hydrogen) atoms. The van der Waals surface area contributed by atoms with E-state index in [1.807, 2.05) is 35.7 Å². The summed E-state index contributed by atoms with van der Waals surface area (Å²) in [6, 6.07) is 9.62. The lowest BCUT2D eigenvalue weighted by Crippen LogP contribution is -2.19. The molecule has 0 atom stereocenters. The largest absolute Gasteiger partial charge is 0.466 e. The summed E-state index contributed by atoms with van der Waals surface area (Å²) in [5.74, 6) is -0.278. The number of benzene rings is 1. The number of aromatic nitrogens is 1. The lowest BCUT2D eigenvalue weighted by Gasteiger charge is -2.07. The van der Waals surface area contributed by atoms with E-state index in [9.17, 15) is 4.79 Å². The molecule has 0 aliphatic carbocycles. The zero-order chi connectivity index (χ0) is 15.1. The zero-order valence-electron chi connectivity index (χ0n) is 11.5. The number of thiocarbonyl (C=S) groups is 1. The average Bonchev–Trinajstić information content (AvgIpc) is 2.87. The molecule has 2 aromatic rings. The van der Waals surface area contributed by atoms with Crippen LogP contribution in [0, 0.1) is 0 Å². The second-order valence-electron chi connectivity index (χ2n) is 4.07. The number of thiazole rings is 1. The summed E-state index contributed by atoms with van der Waals surface area (Å²) in [4.78, 5) is 15.7. The fourth-order valence-corrected chi connectivity index (χ4v) is 2.58. The Bertz CT molecular complexity index is 614. The first-order valence-electron chi connectivity index (χ1n) is 6.40. The van der Waals surface area contributed by atoms with E-state index < -0.39 is 0 Å². The summed E-state index contributed by atoms with van der Waals surface area (Å²) in [5, 5.41) is 8.96. The molecule has 0 spiro atoms. The number of hydrogen-bond donors (Lipinski definition) is 2. The summed E-state index contributed by atoms with van der Waals surface area (Å²) in [6.45, 7) is 2.15. The summed E-state index contributed by atoms with van der Waals surface area (Å²) in [5.41, 5.74) is 1.57. The van der Waals surface area contributed by atoms with E-state index in [1.165, 1.54) is 11.3 Å². The van der Waals surface area contributed by atoms with Crippen LogP contribution in [0.25, 0.3) is 0 Å². The van der Waals surface area contributed by atoms with Gasteiger partial charge in [-0.05, 0) is 31.3 Å². The Labute approximate surface area is 132 Å². The number of carbonyl (C=O) groups excluding carboxylic acids is 1. The molecule has 0 fully saturated rings. The van der Waals surface area contributed by atoms with Crippen LogP contribution in [-0.2, 0) is 16.0 Å². The van der Waals surface area contributed by atoms with E-state index in [0.717, 1.165) is 5.69 Å². The van der Waals surface area contributed by atoms with Gasteiger partial charge in [0.05, 0.1) is 18.7 Å². The maximum absolute atomic E-state index is 11.4. The van der Waals surface area contributed by atoms with E-state index in [2.05, 4.69) is 15.6 Å². The molecular formula is C14H15N3O2S2. The fraction of sp³-hybridized carbons (Fsp3) is 0.214. The smallest absolute Gasteiger partial charge is 0.311 e. The molecule has 0 unspecified atom stereocenters. The van der Waals surface area contributed by atoms with E-state index >= 15 is 0 Å². The van der Waals surface area contributed by atoms with Crippen molar-refractivity contribution in [2.75, 3.05) is 17.2 Å². The van der Waals surface area contributed by atoms with Gasteiger partial charge >= 0.3 is 5.97 Å². The molecule has 1 heterocycles.